The highest BCUT2D eigenvalue weighted by Gasteiger charge is 2.53. The van der Waals surface area contributed by atoms with Crippen LogP contribution in [0.2, 0.25) is 0 Å². The number of carbonyl (C=O) groups excluding carboxylic acids is 5. The smallest absolute Gasteiger partial charge is 0.317 e. The maximum absolute atomic E-state index is 13.2. The zero-order chi connectivity index (χ0) is 51.3. The molecule has 24 nitrogen and oxygen atoms in total. The van der Waals surface area contributed by atoms with Crippen LogP contribution in [0.15, 0.2) is 0 Å². The van der Waals surface area contributed by atoms with Gasteiger partial charge >= 0.3 is 11.9 Å². The molecule has 0 aromatic heterocycles. The van der Waals surface area contributed by atoms with E-state index in [0.29, 0.717) is 157 Å². The van der Waals surface area contributed by atoms with Crippen molar-refractivity contribution in [2.45, 2.75) is 51.5 Å². The molecule has 3 aliphatic rings. The Hall–Kier alpha value is -3.95. The van der Waals surface area contributed by atoms with Crippen LogP contribution < -0.4 is 11.1 Å². The van der Waals surface area contributed by atoms with Crippen molar-refractivity contribution in [3.05, 3.63) is 0 Å². The molecule has 3 heterocycles. The summed E-state index contributed by atoms with van der Waals surface area (Å²) in [5, 5.41) is 28.5. The molecule has 0 unspecified atom stereocenters. The molecule has 69 heavy (non-hydrogen) atoms. The van der Waals surface area contributed by atoms with E-state index in [1.54, 1.807) is 16.9 Å². The molecule has 400 valence electrons. The SMILES string of the molecule is CC(C)CCC(=O)N1CC2(CCCN2C(=O)CNC(=O)CN2CCN(CC=O)CCN(CC(=O)O)CCN(CC(=O)O)CC2)C1.CO.COCCOCCOCCOCCOCCOCCC(N)=O. The lowest BCUT2D eigenvalue weighted by atomic mass is 9.86. The zero-order valence-corrected chi connectivity index (χ0v) is 41.7. The fraction of sp³-hybridized carbons (Fsp3) is 0.844. The first-order chi connectivity index (χ1) is 33.2. The molecule has 0 bridgehead atoms. The number of likely N-dealkylation sites (tertiary alicyclic amines) is 2. The molecule has 3 rings (SSSR count). The number of methoxy groups -OCH3 is 1. The number of hydrogen-bond donors (Lipinski definition) is 5. The monoisotopic (exact) mass is 993 g/mol. The number of ether oxygens (including phenoxy) is 6. The summed E-state index contributed by atoms with van der Waals surface area (Å²) in [5.41, 5.74) is 4.62. The van der Waals surface area contributed by atoms with Crippen molar-refractivity contribution in [1.82, 2.24) is 34.7 Å². The van der Waals surface area contributed by atoms with Crippen LogP contribution in [-0.4, -0.2) is 284 Å². The van der Waals surface area contributed by atoms with Crippen molar-refractivity contribution in [3.8, 4) is 0 Å². The number of nitrogens with two attached hydrogens (primary N) is 1. The Bertz CT molecular complexity index is 1460. The number of hydrogen-bond acceptors (Lipinski definition) is 18. The van der Waals surface area contributed by atoms with Crippen molar-refractivity contribution in [2.24, 2.45) is 11.7 Å². The van der Waals surface area contributed by atoms with E-state index in [1.807, 2.05) is 19.6 Å². The normalized spacial score (nSPS) is 17.1. The maximum atomic E-state index is 13.2. The first kappa shape index (κ1) is 63.1. The van der Waals surface area contributed by atoms with Gasteiger partial charge in [0.25, 0.3) is 0 Å². The number of carboxylic acids is 2. The standard InChI is InChI=1S/C30H51N7O8.C14H29NO7.CH4O/c1-24(2)4-5-26(40)36-22-30(23-36)6-3-7-37(30)27(41)18-31-25(39)19-33-10-8-32(16-17-38)9-11-34(20-28(42)43)14-15-35(13-12-33)21-29(44)45;1-17-4-5-19-8-9-21-12-13-22-11-10-20-7-6-18-3-2-14(15)16;1-2/h17,24H,3-16,18-23H2,1-2H3,(H,31,39)(H,42,43)(H,44,45);2-13H2,1H3,(H2,15,16);2H,1H3. The second-order valence-electron chi connectivity index (χ2n) is 17.2. The molecule has 3 aliphatic heterocycles. The van der Waals surface area contributed by atoms with E-state index in [0.717, 1.165) is 32.7 Å². The molecular formula is C45H84N8O16. The number of nitrogens with one attached hydrogen (secondary N) is 1. The van der Waals surface area contributed by atoms with Gasteiger partial charge in [-0.2, -0.15) is 0 Å². The third-order valence-corrected chi connectivity index (χ3v) is 11.4. The number of carboxylic acid groups (broad SMARTS) is 2. The van der Waals surface area contributed by atoms with Crippen molar-refractivity contribution in [2.75, 3.05) is 192 Å². The largest absolute Gasteiger partial charge is 0.480 e. The average molecular weight is 993 g/mol. The lowest BCUT2D eigenvalue weighted by Gasteiger charge is -2.52. The van der Waals surface area contributed by atoms with Gasteiger partial charge in [0.2, 0.25) is 23.6 Å². The molecule has 0 aliphatic carbocycles. The molecule has 0 saturated carbocycles. The van der Waals surface area contributed by atoms with Crippen LogP contribution in [0, 0.1) is 5.92 Å². The first-order valence-corrected chi connectivity index (χ1v) is 23.9. The molecule has 6 N–H and O–H groups in total. The lowest BCUT2D eigenvalue weighted by Crippen LogP contribution is -2.70. The summed E-state index contributed by atoms with van der Waals surface area (Å²) in [7, 11) is 2.64. The fourth-order valence-electron chi connectivity index (χ4n) is 7.62. The minimum absolute atomic E-state index is 0.00245. The van der Waals surface area contributed by atoms with Crippen molar-refractivity contribution in [3.63, 3.8) is 0 Å². The van der Waals surface area contributed by atoms with Gasteiger partial charge in [-0.1, -0.05) is 13.8 Å². The van der Waals surface area contributed by atoms with E-state index in [2.05, 4.69) is 19.2 Å². The Balaban J connectivity index is 0.000000835. The summed E-state index contributed by atoms with van der Waals surface area (Å²) in [5.74, 6) is -2.26. The van der Waals surface area contributed by atoms with Crippen LogP contribution in [0.5, 0.6) is 0 Å². The second kappa shape index (κ2) is 38.8. The summed E-state index contributed by atoms with van der Waals surface area (Å²) in [6.07, 6.45) is 4.08. The Morgan fingerprint density at radius 2 is 1.06 bits per heavy atom. The molecule has 24 heteroatoms. The zero-order valence-electron chi connectivity index (χ0n) is 41.7. The van der Waals surface area contributed by atoms with Gasteiger partial charge < -0.3 is 69.4 Å². The third-order valence-electron chi connectivity index (χ3n) is 11.4. The minimum atomic E-state index is -0.999. The number of nitrogens with zero attached hydrogens (tertiary/aromatic N) is 6. The molecule has 0 aromatic rings. The van der Waals surface area contributed by atoms with Crippen molar-refractivity contribution in [1.29, 1.82) is 0 Å². The van der Waals surface area contributed by atoms with Crippen LogP contribution in [0.4, 0.5) is 0 Å². The second-order valence-corrected chi connectivity index (χ2v) is 17.2. The summed E-state index contributed by atoms with van der Waals surface area (Å²) in [6.45, 7) is 14.2. The van der Waals surface area contributed by atoms with E-state index >= 15 is 0 Å². The van der Waals surface area contributed by atoms with Crippen molar-refractivity contribution < 1.29 is 77.3 Å². The van der Waals surface area contributed by atoms with Gasteiger partial charge in [0.1, 0.15) is 6.29 Å². The molecule has 1 spiro atoms. The first-order valence-electron chi connectivity index (χ1n) is 23.9. The van der Waals surface area contributed by atoms with Gasteiger partial charge in [-0.3, -0.25) is 48.4 Å². The van der Waals surface area contributed by atoms with Gasteiger partial charge in [0, 0.05) is 99.1 Å². The van der Waals surface area contributed by atoms with Gasteiger partial charge in [-0.05, 0) is 25.2 Å². The fourth-order valence-corrected chi connectivity index (χ4v) is 7.62. The summed E-state index contributed by atoms with van der Waals surface area (Å²) in [4.78, 5) is 94.2. The van der Waals surface area contributed by atoms with Gasteiger partial charge in [-0.25, -0.2) is 0 Å². The number of aliphatic hydroxyl groups excluding tert-OH is 1. The minimum Gasteiger partial charge on any atom is -0.480 e. The quantitative estimate of drug-likeness (QED) is 0.0355. The lowest BCUT2D eigenvalue weighted by molar-refractivity contribution is -0.153. The Morgan fingerprint density at radius 1 is 0.623 bits per heavy atom. The number of aliphatic hydroxyl groups is 1. The molecule has 4 amide bonds. The van der Waals surface area contributed by atoms with Crippen LogP contribution in [0.3, 0.4) is 0 Å². The highest BCUT2D eigenvalue weighted by atomic mass is 16.6. The Labute approximate surface area is 407 Å². The number of aliphatic carboxylic acids is 2. The van der Waals surface area contributed by atoms with Gasteiger partial charge in [-0.15, -0.1) is 0 Å². The van der Waals surface area contributed by atoms with E-state index in [1.165, 1.54) is 0 Å². The van der Waals surface area contributed by atoms with Crippen LogP contribution >= 0.6 is 0 Å². The van der Waals surface area contributed by atoms with E-state index < -0.39 is 11.9 Å². The van der Waals surface area contributed by atoms with Crippen LogP contribution in [-0.2, 0) is 62.0 Å². The molecule has 3 saturated heterocycles. The van der Waals surface area contributed by atoms with E-state index in [4.69, 9.17) is 39.3 Å². The predicted octanol–water partition coefficient (Wildman–Crippen LogP) is -2.47. The Morgan fingerprint density at radius 3 is 1.48 bits per heavy atom. The van der Waals surface area contributed by atoms with Gasteiger partial charge in [0.05, 0.1) is 111 Å². The van der Waals surface area contributed by atoms with E-state index in [9.17, 15) is 43.8 Å². The summed E-state index contributed by atoms with van der Waals surface area (Å²) >= 11 is 0. The molecule has 0 aromatic carbocycles. The number of aldehydes is 1. The van der Waals surface area contributed by atoms with E-state index in [-0.39, 0.29) is 68.3 Å². The predicted molar refractivity (Wildman–Crippen MR) is 252 cm³/mol. The van der Waals surface area contributed by atoms with Gasteiger partial charge in [0.15, 0.2) is 0 Å². The highest BCUT2D eigenvalue weighted by Crippen LogP contribution is 2.38. The Kier molecular flexibility index (Phi) is 35.4. The van der Waals surface area contributed by atoms with Crippen LogP contribution in [0.25, 0.3) is 0 Å². The highest BCUT2D eigenvalue weighted by molar-refractivity contribution is 5.87. The molecule has 0 atom stereocenters. The molecular weight excluding hydrogens is 909 g/mol. The maximum Gasteiger partial charge on any atom is 0.317 e. The molecule has 0 radical (unpaired) electrons. The number of amides is 4. The average Bonchev–Trinajstić information content (AvgIpc) is 3.75. The molecule has 3 fully saturated rings. The number of primary amides is 1. The summed E-state index contributed by atoms with van der Waals surface area (Å²) in [6, 6.07) is 0. The number of carbonyl (C=O) groups is 7. The third kappa shape index (κ3) is 29.7. The topological polar surface area (TPSA) is 293 Å². The van der Waals surface area contributed by atoms with Crippen LogP contribution in [0.1, 0.15) is 46.0 Å². The van der Waals surface area contributed by atoms with Crippen molar-refractivity contribution >= 4 is 41.9 Å². The summed E-state index contributed by atoms with van der Waals surface area (Å²) < 4.78 is 31.2. The number of rotatable bonds is 31.